The van der Waals surface area contributed by atoms with Crippen molar-refractivity contribution in [3.05, 3.63) is 108 Å². The molecule has 66 heavy (non-hydrogen) atoms. The first kappa shape index (κ1) is 57.3. The van der Waals surface area contributed by atoms with Crippen LogP contribution in [-0.2, 0) is 33.3 Å². The summed E-state index contributed by atoms with van der Waals surface area (Å²) < 4.78 is 23.0. The Balaban J connectivity index is 2.08. The van der Waals surface area contributed by atoms with Gasteiger partial charge in [0.15, 0.2) is 24.1 Å². The second-order valence-electron chi connectivity index (χ2n) is 17.3. The highest BCUT2D eigenvalue weighted by atomic mass is 16.7. The van der Waals surface area contributed by atoms with Gasteiger partial charge in [-0.2, -0.15) is 0 Å². The fourth-order valence-electron chi connectivity index (χ4n) is 7.11. The number of ether oxygens (including phenoxy) is 4. The molecule has 2 aliphatic rings. The molecular weight excluding hydrogens is 841 g/mol. The van der Waals surface area contributed by atoms with Crippen LogP contribution in [0.1, 0.15) is 113 Å². The summed E-state index contributed by atoms with van der Waals surface area (Å²) in [6.45, 7) is 15.1. The Morgan fingerprint density at radius 3 is 2.23 bits per heavy atom. The summed E-state index contributed by atoms with van der Waals surface area (Å²) >= 11 is 0. The van der Waals surface area contributed by atoms with Crippen LogP contribution in [0.15, 0.2) is 108 Å². The molecule has 14 heteroatoms. The van der Waals surface area contributed by atoms with E-state index in [1.165, 1.54) is 0 Å². The number of hydrogen-bond acceptors (Lipinski definition) is 11. The van der Waals surface area contributed by atoms with Crippen LogP contribution in [-0.4, -0.2) is 107 Å². The Hall–Kier alpha value is -4.86. The second kappa shape index (κ2) is 31.9. The van der Waals surface area contributed by atoms with E-state index in [2.05, 4.69) is 49.5 Å². The summed E-state index contributed by atoms with van der Waals surface area (Å²) in [6.07, 6.45) is 26.7. The Bertz CT molecular complexity index is 1810. The molecule has 2 rings (SSSR count). The molecule has 0 aromatic carbocycles. The van der Waals surface area contributed by atoms with Gasteiger partial charge in [-0.25, -0.2) is 4.79 Å². The molecule has 0 spiro atoms. The maximum atomic E-state index is 12.8. The molecule has 0 bridgehead atoms. The summed E-state index contributed by atoms with van der Waals surface area (Å²) in [5.74, 6) is -0.334. The molecule has 0 saturated carbocycles. The number of ketones is 1. The lowest BCUT2D eigenvalue weighted by Gasteiger charge is -2.41. The van der Waals surface area contributed by atoms with Crippen LogP contribution in [0.4, 0.5) is 0 Å². The van der Waals surface area contributed by atoms with Gasteiger partial charge >= 0.3 is 5.97 Å². The molecule has 1 amide bonds. The van der Waals surface area contributed by atoms with E-state index < -0.39 is 42.8 Å². The van der Waals surface area contributed by atoms with Crippen LogP contribution in [0.3, 0.4) is 0 Å². The number of esters is 1. The fraction of sp³-hybridized carbons (Fsp3) is 0.577. The van der Waals surface area contributed by atoms with Crippen molar-refractivity contribution in [2.75, 3.05) is 26.8 Å². The van der Waals surface area contributed by atoms with E-state index in [9.17, 15) is 29.7 Å². The van der Waals surface area contributed by atoms with Crippen molar-refractivity contribution in [3.8, 4) is 0 Å². The van der Waals surface area contributed by atoms with Crippen molar-refractivity contribution in [1.29, 1.82) is 5.41 Å². The molecule has 0 aromatic heterocycles. The van der Waals surface area contributed by atoms with Crippen molar-refractivity contribution in [3.63, 3.8) is 0 Å². The highest BCUT2D eigenvalue weighted by Gasteiger charge is 2.49. The number of guanidine groups is 1. The van der Waals surface area contributed by atoms with Crippen LogP contribution in [0.5, 0.6) is 0 Å². The molecule has 7 N–H and O–H groups in total. The molecule has 0 aromatic rings. The largest absolute Gasteiger partial charge is 0.496 e. The van der Waals surface area contributed by atoms with Gasteiger partial charge in [0.05, 0.1) is 19.3 Å². The SMILES string of the molecule is CCCOC(=O)C1OC(OC(C(C)=CC(C)CCCC=CC(C)CC=CCCCN(C)C(=N)N)C(C)C=CC=CC=CC=CC=C(C)C(=O)NC2=C(OCCC)CCC2=O)C(O)C(O)C1O. The standard InChI is InChI=1S/C52H80N4O10/c1-9-33-63-42-31-30-41(57)43(42)55-49(61)39(6)29-23-15-13-11-12-14-22-28-38(5)47(65-51-46(60)44(58)45(59)48(66-51)50(62)64-34-10-2)40(7)35-37(4)27-21-18-20-26-36(3)25-19-16-17-24-32-56(8)52(53)54/h11-16,19-20,22-23,26,28-29,35-38,44-48,51,58-60H,9-10,17-18,21,24-25,27,30-34H2,1-8H3,(H3,53,54)(H,55,61). The topological polar surface area (TPSA) is 214 Å². The van der Waals surface area contributed by atoms with Gasteiger partial charge < -0.3 is 50.2 Å². The Labute approximate surface area is 394 Å². The smallest absolute Gasteiger partial charge is 0.338 e. The third-order valence-corrected chi connectivity index (χ3v) is 11.1. The van der Waals surface area contributed by atoms with Gasteiger partial charge in [0.25, 0.3) is 5.91 Å². The van der Waals surface area contributed by atoms with E-state index in [1.807, 2.05) is 71.2 Å². The summed E-state index contributed by atoms with van der Waals surface area (Å²) in [6, 6.07) is 0. The number of carbonyl (C=O) groups is 3. The molecule has 9 atom stereocenters. The minimum atomic E-state index is -1.70. The van der Waals surface area contributed by atoms with E-state index in [0.717, 1.165) is 57.1 Å². The van der Waals surface area contributed by atoms with E-state index >= 15 is 0 Å². The predicted molar refractivity (Wildman–Crippen MR) is 261 cm³/mol. The summed E-state index contributed by atoms with van der Waals surface area (Å²) in [4.78, 5) is 39.5. The zero-order valence-electron chi connectivity index (χ0n) is 40.7. The molecule has 14 nitrogen and oxygen atoms in total. The molecule has 1 heterocycles. The summed E-state index contributed by atoms with van der Waals surface area (Å²) in [7, 11) is 1.82. The molecule has 0 radical (unpaired) electrons. The van der Waals surface area contributed by atoms with Crippen LogP contribution < -0.4 is 11.1 Å². The highest BCUT2D eigenvalue weighted by Crippen LogP contribution is 2.29. The van der Waals surface area contributed by atoms with Gasteiger partial charge in [-0.3, -0.25) is 15.0 Å². The average Bonchev–Trinajstić information content (AvgIpc) is 3.63. The van der Waals surface area contributed by atoms with Gasteiger partial charge in [0, 0.05) is 37.9 Å². The van der Waals surface area contributed by atoms with Gasteiger partial charge in [-0.15, -0.1) is 0 Å². The number of aliphatic hydroxyl groups is 3. The Morgan fingerprint density at radius 1 is 0.879 bits per heavy atom. The van der Waals surface area contributed by atoms with Crippen molar-refractivity contribution in [2.24, 2.45) is 23.5 Å². The minimum Gasteiger partial charge on any atom is -0.496 e. The van der Waals surface area contributed by atoms with Crippen LogP contribution in [0, 0.1) is 23.2 Å². The van der Waals surface area contributed by atoms with Crippen molar-refractivity contribution >= 4 is 23.6 Å². The third kappa shape index (κ3) is 21.2. The lowest BCUT2D eigenvalue weighted by molar-refractivity contribution is -0.304. The molecular formula is C52H80N4O10. The normalized spacial score (nSPS) is 23.0. The first-order valence-electron chi connectivity index (χ1n) is 23.6. The van der Waals surface area contributed by atoms with E-state index in [1.54, 1.807) is 30.1 Å². The number of carbonyl (C=O) groups excluding carboxylic acids is 3. The van der Waals surface area contributed by atoms with E-state index in [4.69, 9.17) is 30.1 Å². The minimum absolute atomic E-state index is 0.0877. The number of unbranched alkanes of at least 4 members (excludes halogenated alkanes) is 2. The second-order valence-corrected chi connectivity index (χ2v) is 17.3. The fourth-order valence-corrected chi connectivity index (χ4v) is 7.11. The Morgan fingerprint density at radius 2 is 1.55 bits per heavy atom. The van der Waals surface area contributed by atoms with Gasteiger partial charge in [0.1, 0.15) is 29.8 Å². The zero-order chi connectivity index (χ0) is 49.0. The maximum absolute atomic E-state index is 12.8. The first-order valence-corrected chi connectivity index (χ1v) is 23.6. The Kier molecular flexibility index (Phi) is 27.7. The first-order chi connectivity index (χ1) is 31.5. The van der Waals surface area contributed by atoms with Crippen LogP contribution in [0.25, 0.3) is 0 Å². The quantitative estimate of drug-likeness (QED) is 0.00816. The van der Waals surface area contributed by atoms with Gasteiger partial charge in [-0.05, 0) is 82.6 Å². The number of rotatable bonds is 29. The predicted octanol–water partition coefficient (Wildman–Crippen LogP) is 7.55. The van der Waals surface area contributed by atoms with Crippen molar-refractivity contribution < 1.29 is 48.7 Å². The molecule has 9 unspecified atom stereocenters. The molecule has 368 valence electrons. The van der Waals surface area contributed by atoms with E-state index in [0.29, 0.717) is 43.1 Å². The number of amides is 1. The number of nitrogens with zero attached hydrogens (tertiary/aromatic N) is 1. The van der Waals surface area contributed by atoms with Crippen molar-refractivity contribution in [2.45, 2.75) is 149 Å². The summed E-state index contributed by atoms with van der Waals surface area (Å²) in [5.41, 5.74) is 7.06. The van der Waals surface area contributed by atoms with Crippen LogP contribution >= 0.6 is 0 Å². The zero-order valence-corrected chi connectivity index (χ0v) is 40.7. The monoisotopic (exact) mass is 921 g/mol. The van der Waals surface area contributed by atoms with Crippen LogP contribution in [0.2, 0.25) is 0 Å². The van der Waals surface area contributed by atoms with E-state index in [-0.39, 0.29) is 41.8 Å². The molecule has 1 aliphatic heterocycles. The number of Topliss-reactive ketones (excluding diaryl/α,β-unsaturated/α-hetero) is 1. The maximum Gasteiger partial charge on any atom is 0.338 e. The number of hydrogen-bond donors (Lipinski definition) is 6. The number of nitrogens with one attached hydrogen (secondary N) is 2. The van der Waals surface area contributed by atoms with Crippen molar-refractivity contribution in [1.82, 2.24) is 10.2 Å². The molecule has 1 fully saturated rings. The van der Waals surface area contributed by atoms with Gasteiger partial charge in [0.2, 0.25) is 0 Å². The number of allylic oxidation sites excluding steroid dienone is 15. The van der Waals surface area contributed by atoms with Gasteiger partial charge in [-0.1, -0.05) is 120 Å². The molecule has 1 aliphatic carbocycles. The third-order valence-electron chi connectivity index (χ3n) is 11.1. The average molecular weight is 921 g/mol. The summed E-state index contributed by atoms with van der Waals surface area (Å²) in [5, 5.41) is 42.4. The lowest BCUT2D eigenvalue weighted by atomic mass is 9.92. The lowest BCUT2D eigenvalue weighted by Crippen LogP contribution is -2.61. The number of aliphatic hydroxyl groups excluding tert-OH is 3. The number of nitrogens with two attached hydrogens (primary N) is 1. The molecule has 1 saturated heterocycles. The highest BCUT2D eigenvalue weighted by molar-refractivity contribution is 6.04.